The van der Waals surface area contributed by atoms with Crippen molar-refractivity contribution < 1.29 is 4.79 Å². The number of amides is 1. The quantitative estimate of drug-likeness (QED) is 0.943. The Morgan fingerprint density at radius 1 is 1.12 bits per heavy atom. The predicted octanol–water partition coefficient (Wildman–Crippen LogP) is 2.35. The minimum atomic E-state index is 0.292. The molecule has 4 rings (SSSR count). The van der Waals surface area contributed by atoms with Crippen molar-refractivity contribution in [1.82, 2.24) is 19.8 Å². The molecule has 24 heavy (non-hydrogen) atoms. The first-order valence-electron chi connectivity index (χ1n) is 8.86. The van der Waals surface area contributed by atoms with Crippen molar-refractivity contribution >= 4 is 5.91 Å². The molecule has 1 amide bonds. The number of hydrogen-bond acceptors (Lipinski definition) is 3. The first kappa shape index (κ1) is 15.4. The van der Waals surface area contributed by atoms with E-state index in [0.29, 0.717) is 18.4 Å². The zero-order chi connectivity index (χ0) is 16.4. The van der Waals surface area contributed by atoms with Gasteiger partial charge >= 0.3 is 0 Å². The van der Waals surface area contributed by atoms with Gasteiger partial charge in [-0.25, -0.2) is 4.98 Å². The van der Waals surface area contributed by atoms with Gasteiger partial charge < -0.3 is 9.88 Å². The number of nitrogens with one attached hydrogen (secondary N) is 1. The van der Waals surface area contributed by atoms with Crippen LogP contribution in [0.25, 0.3) is 0 Å². The SMILES string of the molecule is O=C1CC[C@@H](N2CCc3nc[nH]c3C2)CCN1Cc1ccccc1. The first-order valence-corrected chi connectivity index (χ1v) is 8.86. The van der Waals surface area contributed by atoms with Gasteiger partial charge in [0.25, 0.3) is 0 Å². The molecular weight excluding hydrogens is 300 g/mol. The number of likely N-dealkylation sites (tertiary alicyclic amines) is 1. The Labute approximate surface area is 142 Å². The third kappa shape index (κ3) is 3.22. The largest absolute Gasteiger partial charge is 0.347 e. The summed E-state index contributed by atoms with van der Waals surface area (Å²) in [5.41, 5.74) is 3.67. The van der Waals surface area contributed by atoms with Crippen LogP contribution in [0.5, 0.6) is 0 Å². The third-order valence-electron chi connectivity index (χ3n) is 5.31. The van der Waals surface area contributed by atoms with Crippen molar-refractivity contribution in [2.45, 2.75) is 44.8 Å². The van der Waals surface area contributed by atoms with Crippen LogP contribution in [0.3, 0.4) is 0 Å². The van der Waals surface area contributed by atoms with E-state index in [-0.39, 0.29) is 0 Å². The van der Waals surface area contributed by atoms with E-state index in [1.165, 1.54) is 17.0 Å². The summed E-state index contributed by atoms with van der Waals surface area (Å²) in [6.45, 7) is 3.57. The summed E-state index contributed by atoms with van der Waals surface area (Å²) in [4.78, 5) is 24.7. The standard InChI is InChI=1S/C19H24N4O/c24-19-7-6-16(22-11-9-17-18(13-22)21-14-20-17)8-10-23(19)12-15-4-2-1-3-5-15/h1-5,14,16H,6-13H2,(H,20,21)/t16-/m1/s1. The number of aromatic amines is 1. The molecule has 5 heteroatoms. The van der Waals surface area contributed by atoms with Crippen molar-refractivity contribution in [2.75, 3.05) is 13.1 Å². The molecule has 5 nitrogen and oxygen atoms in total. The van der Waals surface area contributed by atoms with E-state index in [4.69, 9.17) is 0 Å². The van der Waals surface area contributed by atoms with Crippen LogP contribution in [-0.4, -0.2) is 44.8 Å². The number of nitrogens with zero attached hydrogens (tertiary/aromatic N) is 3. The van der Waals surface area contributed by atoms with Gasteiger partial charge in [0.15, 0.2) is 0 Å². The third-order valence-corrected chi connectivity index (χ3v) is 5.31. The molecule has 126 valence electrons. The van der Waals surface area contributed by atoms with Crippen molar-refractivity contribution in [2.24, 2.45) is 0 Å². The lowest BCUT2D eigenvalue weighted by Gasteiger charge is -2.33. The predicted molar refractivity (Wildman–Crippen MR) is 92.2 cm³/mol. The van der Waals surface area contributed by atoms with E-state index in [0.717, 1.165) is 45.4 Å². The summed E-state index contributed by atoms with van der Waals surface area (Å²) in [7, 11) is 0. The second-order valence-electron chi connectivity index (χ2n) is 6.83. The number of carbonyl (C=O) groups excluding carboxylic acids is 1. The van der Waals surface area contributed by atoms with E-state index >= 15 is 0 Å². The van der Waals surface area contributed by atoms with Gasteiger partial charge in [0.1, 0.15) is 0 Å². The molecule has 3 heterocycles. The van der Waals surface area contributed by atoms with Gasteiger partial charge in [-0.05, 0) is 18.4 Å². The van der Waals surface area contributed by atoms with Crippen LogP contribution in [-0.2, 0) is 24.3 Å². The van der Waals surface area contributed by atoms with Crippen LogP contribution in [0.15, 0.2) is 36.7 Å². The van der Waals surface area contributed by atoms with Crippen molar-refractivity contribution in [1.29, 1.82) is 0 Å². The second kappa shape index (κ2) is 6.77. The van der Waals surface area contributed by atoms with Gasteiger partial charge in [0.2, 0.25) is 5.91 Å². The Kier molecular flexibility index (Phi) is 4.34. The molecule has 1 N–H and O–H groups in total. The molecule has 0 bridgehead atoms. The Hall–Kier alpha value is -2.14. The highest BCUT2D eigenvalue weighted by atomic mass is 16.2. The smallest absolute Gasteiger partial charge is 0.222 e. The Morgan fingerprint density at radius 3 is 2.88 bits per heavy atom. The maximum absolute atomic E-state index is 12.5. The lowest BCUT2D eigenvalue weighted by molar-refractivity contribution is -0.131. The molecular formula is C19H24N4O. The molecule has 1 atom stereocenters. The Morgan fingerprint density at radius 2 is 2.00 bits per heavy atom. The van der Waals surface area contributed by atoms with Crippen molar-refractivity contribution in [3.05, 3.63) is 53.6 Å². The van der Waals surface area contributed by atoms with Crippen LogP contribution < -0.4 is 0 Å². The first-order chi connectivity index (χ1) is 11.8. The normalized spacial score (nSPS) is 22.2. The lowest BCUT2D eigenvalue weighted by Crippen LogP contribution is -2.40. The summed E-state index contributed by atoms with van der Waals surface area (Å²) in [6.07, 6.45) is 5.49. The summed E-state index contributed by atoms with van der Waals surface area (Å²) < 4.78 is 0. The topological polar surface area (TPSA) is 52.2 Å². The van der Waals surface area contributed by atoms with Crippen LogP contribution in [0.4, 0.5) is 0 Å². The molecule has 0 saturated carbocycles. The number of rotatable bonds is 3. The molecule has 0 aliphatic carbocycles. The fourth-order valence-corrected chi connectivity index (χ4v) is 3.90. The average Bonchev–Trinajstić information content (AvgIpc) is 3.01. The number of fused-ring (bicyclic) bond motifs is 1. The minimum Gasteiger partial charge on any atom is -0.347 e. The molecule has 1 fully saturated rings. The van der Waals surface area contributed by atoms with Gasteiger partial charge in [0, 0.05) is 45.1 Å². The highest BCUT2D eigenvalue weighted by Crippen LogP contribution is 2.24. The zero-order valence-corrected chi connectivity index (χ0v) is 13.9. The van der Waals surface area contributed by atoms with Crippen LogP contribution in [0.1, 0.15) is 36.2 Å². The van der Waals surface area contributed by atoms with Crippen LogP contribution in [0.2, 0.25) is 0 Å². The highest BCUT2D eigenvalue weighted by Gasteiger charge is 2.29. The van der Waals surface area contributed by atoms with Crippen molar-refractivity contribution in [3.8, 4) is 0 Å². The second-order valence-corrected chi connectivity index (χ2v) is 6.83. The summed E-state index contributed by atoms with van der Waals surface area (Å²) >= 11 is 0. The monoisotopic (exact) mass is 324 g/mol. The molecule has 1 aromatic carbocycles. The molecule has 0 radical (unpaired) electrons. The molecule has 2 aromatic rings. The molecule has 2 aliphatic rings. The van der Waals surface area contributed by atoms with Gasteiger partial charge in [-0.1, -0.05) is 30.3 Å². The van der Waals surface area contributed by atoms with E-state index in [2.05, 4.69) is 27.0 Å². The maximum Gasteiger partial charge on any atom is 0.222 e. The number of imidazole rings is 1. The Bertz CT molecular complexity index is 696. The van der Waals surface area contributed by atoms with Gasteiger partial charge in [-0.2, -0.15) is 0 Å². The lowest BCUT2D eigenvalue weighted by atomic mass is 10.0. The number of H-pyrrole nitrogens is 1. The van der Waals surface area contributed by atoms with Gasteiger partial charge in [0.05, 0.1) is 17.7 Å². The highest BCUT2D eigenvalue weighted by molar-refractivity contribution is 5.76. The fraction of sp³-hybridized carbons (Fsp3) is 0.474. The number of benzene rings is 1. The summed E-state index contributed by atoms with van der Waals surface area (Å²) in [6, 6.07) is 10.8. The summed E-state index contributed by atoms with van der Waals surface area (Å²) in [5.74, 6) is 0.292. The van der Waals surface area contributed by atoms with E-state index in [1.54, 1.807) is 6.33 Å². The molecule has 1 aromatic heterocycles. The van der Waals surface area contributed by atoms with Gasteiger partial charge in [-0.15, -0.1) is 0 Å². The summed E-state index contributed by atoms with van der Waals surface area (Å²) in [5, 5.41) is 0. The van der Waals surface area contributed by atoms with E-state index < -0.39 is 0 Å². The molecule has 0 unspecified atom stereocenters. The van der Waals surface area contributed by atoms with E-state index in [9.17, 15) is 4.79 Å². The van der Waals surface area contributed by atoms with Gasteiger partial charge in [-0.3, -0.25) is 9.69 Å². The molecule has 1 saturated heterocycles. The van der Waals surface area contributed by atoms with Crippen LogP contribution in [0, 0.1) is 0 Å². The number of aromatic nitrogens is 2. The van der Waals surface area contributed by atoms with E-state index in [1.807, 2.05) is 23.1 Å². The van der Waals surface area contributed by atoms with Crippen LogP contribution >= 0.6 is 0 Å². The number of carbonyl (C=O) groups is 1. The van der Waals surface area contributed by atoms with Crippen molar-refractivity contribution in [3.63, 3.8) is 0 Å². The minimum absolute atomic E-state index is 0.292. The fourth-order valence-electron chi connectivity index (χ4n) is 3.90. The Balaban J connectivity index is 1.40. The molecule has 2 aliphatic heterocycles. The maximum atomic E-state index is 12.5. The number of hydrogen-bond donors (Lipinski definition) is 1. The zero-order valence-electron chi connectivity index (χ0n) is 13.9. The molecule has 0 spiro atoms. The average molecular weight is 324 g/mol.